The van der Waals surface area contributed by atoms with E-state index >= 15 is 0 Å². The molecule has 0 radical (unpaired) electrons. The predicted molar refractivity (Wildman–Crippen MR) is 38.2 cm³/mol. The zero-order valence-electron chi connectivity index (χ0n) is 5.63. The first-order chi connectivity index (χ1) is 4.43. The average molecular weight is 148 g/mol. The van der Waals surface area contributed by atoms with Crippen molar-refractivity contribution in [2.45, 2.75) is 24.7 Å². The second-order valence-electron chi connectivity index (χ2n) is 2.06. The molecule has 0 aliphatic carbocycles. The third-order valence-electron chi connectivity index (χ3n) is 1.34. The smallest absolute Gasteiger partial charge is 0.138 e. The van der Waals surface area contributed by atoms with Gasteiger partial charge in [-0.25, -0.2) is 9.78 Å². The lowest BCUT2D eigenvalue weighted by Crippen LogP contribution is -2.12. The van der Waals surface area contributed by atoms with Crippen LogP contribution in [0.2, 0.25) is 0 Å². The summed E-state index contributed by atoms with van der Waals surface area (Å²) in [5, 5.41) is 0. The summed E-state index contributed by atoms with van der Waals surface area (Å²) in [6.07, 6.45) is 3.74. The molecule has 0 aromatic rings. The molecule has 2 nitrogen and oxygen atoms in total. The van der Waals surface area contributed by atoms with Crippen molar-refractivity contribution < 1.29 is 9.78 Å². The monoisotopic (exact) mass is 148 g/mol. The first-order valence-corrected chi connectivity index (χ1v) is 4.29. The van der Waals surface area contributed by atoms with Crippen LogP contribution in [0.1, 0.15) is 19.3 Å². The highest BCUT2D eigenvalue weighted by Crippen LogP contribution is 2.25. The van der Waals surface area contributed by atoms with Gasteiger partial charge in [0.05, 0.1) is 7.11 Å². The maximum Gasteiger partial charge on any atom is 0.138 e. The van der Waals surface area contributed by atoms with Gasteiger partial charge in [0.2, 0.25) is 0 Å². The zero-order chi connectivity index (χ0) is 6.53. The van der Waals surface area contributed by atoms with Crippen LogP contribution < -0.4 is 0 Å². The summed E-state index contributed by atoms with van der Waals surface area (Å²) in [4.78, 5) is 9.51. The van der Waals surface area contributed by atoms with Gasteiger partial charge in [0.25, 0.3) is 0 Å². The summed E-state index contributed by atoms with van der Waals surface area (Å²) in [7, 11) is 1.56. The number of thioether (sulfide) groups is 1. The van der Waals surface area contributed by atoms with Gasteiger partial charge >= 0.3 is 0 Å². The highest BCUT2D eigenvalue weighted by Gasteiger charge is 2.13. The SMILES string of the molecule is COOC1CCCCS1. The summed E-state index contributed by atoms with van der Waals surface area (Å²) in [6, 6.07) is 0. The van der Waals surface area contributed by atoms with E-state index in [0.717, 1.165) is 6.42 Å². The fraction of sp³-hybridized carbons (Fsp3) is 1.00. The second kappa shape index (κ2) is 4.14. The first kappa shape index (κ1) is 7.38. The van der Waals surface area contributed by atoms with Gasteiger partial charge in [-0.05, 0) is 25.0 Å². The van der Waals surface area contributed by atoms with E-state index < -0.39 is 0 Å². The third-order valence-corrected chi connectivity index (χ3v) is 2.55. The molecule has 0 aromatic carbocycles. The minimum Gasteiger partial charge on any atom is -0.239 e. The summed E-state index contributed by atoms with van der Waals surface area (Å²) in [5.41, 5.74) is 0.295. The zero-order valence-corrected chi connectivity index (χ0v) is 6.45. The molecule has 0 amide bonds. The molecule has 1 aliphatic rings. The minimum atomic E-state index is 0.295. The van der Waals surface area contributed by atoms with E-state index in [0.29, 0.717) is 5.44 Å². The van der Waals surface area contributed by atoms with Gasteiger partial charge in [-0.3, -0.25) is 0 Å². The Hall–Kier alpha value is 0.270. The molecule has 0 saturated carbocycles. The fourth-order valence-electron chi connectivity index (χ4n) is 0.894. The van der Waals surface area contributed by atoms with Crippen LogP contribution in [-0.4, -0.2) is 18.3 Å². The average Bonchev–Trinajstić information content (AvgIpc) is 1.91. The Bertz CT molecular complexity index is 68.7. The maximum atomic E-state index is 4.95. The summed E-state index contributed by atoms with van der Waals surface area (Å²) in [5.74, 6) is 1.22. The number of rotatable bonds is 2. The van der Waals surface area contributed by atoms with E-state index in [4.69, 9.17) is 4.89 Å². The molecule has 3 heteroatoms. The van der Waals surface area contributed by atoms with Crippen molar-refractivity contribution in [3.63, 3.8) is 0 Å². The molecule has 0 spiro atoms. The molecular formula is C6H12O2S. The Kier molecular flexibility index (Phi) is 3.40. The highest BCUT2D eigenvalue weighted by atomic mass is 32.2. The van der Waals surface area contributed by atoms with Gasteiger partial charge in [0.15, 0.2) is 0 Å². The topological polar surface area (TPSA) is 18.5 Å². The van der Waals surface area contributed by atoms with Crippen molar-refractivity contribution in [2.24, 2.45) is 0 Å². The maximum absolute atomic E-state index is 4.95. The molecule has 1 unspecified atom stereocenters. The fourth-order valence-corrected chi connectivity index (χ4v) is 2.00. The summed E-state index contributed by atoms with van der Waals surface area (Å²) < 4.78 is 0. The van der Waals surface area contributed by atoms with Crippen LogP contribution in [0.3, 0.4) is 0 Å². The highest BCUT2D eigenvalue weighted by molar-refractivity contribution is 7.99. The molecule has 1 saturated heterocycles. The van der Waals surface area contributed by atoms with Crippen molar-refractivity contribution in [1.29, 1.82) is 0 Å². The van der Waals surface area contributed by atoms with E-state index in [1.54, 1.807) is 7.11 Å². The first-order valence-electron chi connectivity index (χ1n) is 3.24. The van der Waals surface area contributed by atoms with Crippen molar-refractivity contribution in [2.75, 3.05) is 12.9 Å². The Morgan fingerprint density at radius 3 is 2.89 bits per heavy atom. The number of hydrogen-bond donors (Lipinski definition) is 0. The molecular weight excluding hydrogens is 136 g/mol. The third kappa shape index (κ3) is 2.56. The molecule has 0 aromatic heterocycles. The molecule has 0 N–H and O–H groups in total. The van der Waals surface area contributed by atoms with Gasteiger partial charge in [-0.15, -0.1) is 11.8 Å². The molecule has 1 heterocycles. The lowest BCUT2D eigenvalue weighted by Gasteiger charge is -2.18. The van der Waals surface area contributed by atoms with Crippen LogP contribution in [0.15, 0.2) is 0 Å². The van der Waals surface area contributed by atoms with Crippen LogP contribution in [-0.2, 0) is 9.78 Å². The van der Waals surface area contributed by atoms with Crippen LogP contribution in [0, 0.1) is 0 Å². The van der Waals surface area contributed by atoms with Crippen molar-refractivity contribution in [3.8, 4) is 0 Å². The lowest BCUT2D eigenvalue weighted by atomic mass is 10.2. The normalized spacial score (nSPS) is 28.3. The van der Waals surface area contributed by atoms with E-state index in [2.05, 4.69) is 4.89 Å². The van der Waals surface area contributed by atoms with Gasteiger partial charge in [0.1, 0.15) is 5.44 Å². The van der Waals surface area contributed by atoms with E-state index in [1.165, 1.54) is 18.6 Å². The van der Waals surface area contributed by atoms with E-state index in [-0.39, 0.29) is 0 Å². The quantitative estimate of drug-likeness (QED) is 0.439. The van der Waals surface area contributed by atoms with Gasteiger partial charge < -0.3 is 0 Å². The Labute approximate surface area is 59.8 Å². The Balaban J connectivity index is 2.08. The van der Waals surface area contributed by atoms with Gasteiger partial charge in [-0.1, -0.05) is 0 Å². The van der Waals surface area contributed by atoms with Crippen LogP contribution in [0.25, 0.3) is 0 Å². The standard InChI is InChI=1S/C6H12O2S/c1-7-8-6-4-2-3-5-9-6/h6H,2-5H2,1H3. The molecule has 1 atom stereocenters. The lowest BCUT2D eigenvalue weighted by molar-refractivity contribution is -0.284. The van der Waals surface area contributed by atoms with E-state index in [1.807, 2.05) is 11.8 Å². The van der Waals surface area contributed by atoms with Gasteiger partial charge in [-0.2, -0.15) is 0 Å². The molecule has 1 aliphatic heterocycles. The Morgan fingerprint density at radius 2 is 2.33 bits per heavy atom. The van der Waals surface area contributed by atoms with Crippen LogP contribution >= 0.6 is 11.8 Å². The van der Waals surface area contributed by atoms with Crippen molar-refractivity contribution >= 4 is 11.8 Å². The largest absolute Gasteiger partial charge is 0.239 e. The predicted octanol–water partition coefficient (Wildman–Crippen LogP) is 1.81. The van der Waals surface area contributed by atoms with Crippen LogP contribution in [0.4, 0.5) is 0 Å². The second-order valence-corrected chi connectivity index (χ2v) is 3.33. The molecule has 0 bridgehead atoms. The summed E-state index contributed by atoms with van der Waals surface area (Å²) >= 11 is 1.84. The minimum absolute atomic E-state index is 0.295. The molecule has 1 rings (SSSR count). The summed E-state index contributed by atoms with van der Waals surface area (Å²) in [6.45, 7) is 0. The Morgan fingerprint density at radius 1 is 1.44 bits per heavy atom. The van der Waals surface area contributed by atoms with Crippen molar-refractivity contribution in [1.82, 2.24) is 0 Å². The van der Waals surface area contributed by atoms with Crippen LogP contribution in [0.5, 0.6) is 0 Å². The molecule has 1 fully saturated rings. The molecule has 9 heavy (non-hydrogen) atoms. The van der Waals surface area contributed by atoms with Gasteiger partial charge in [0, 0.05) is 0 Å². The number of hydrogen-bond acceptors (Lipinski definition) is 3. The molecule has 54 valence electrons. The van der Waals surface area contributed by atoms with E-state index in [9.17, 15) is 0 Å². The van der Waals surface area contributed by atoms with Crippen molar-refractivity contribution in [3.05, 3.63) is 0 Å².